The van der Waals surface area contributed by atoms with Crippen LogP contribution in [0.4, 0.5) is 0 Å². The Labute approximate surface area is 136 Å². The number of carbonyl (C=O) groups excluding carboxylic acids is 1. The van der Waals surface area contributed by atoms with Crippen molar-refractivity contribution in [3.63, 3.8) is 0 Å². The third kappa shape index (κ3) is 4.53. The fourth-order valence-corrected chi connectivity index (χ4v) is 5.48. The van der Waals surface area contributed by atoms with Gasteiger partial charge in [-0.3, -0.25) is 4.79 Å². The van der Waals surface area contributed by atoms with E-state index in [1.807, 2.05) is 23.5 Å². The largest absolute Gasteiger partial charge is 0.376 e. The van der Waals surface area contributed by atoms with Crippen LogP contribution in [0.15, 0.2) is 0 Å². The number of thioether (sulfide) groups is 2. The Hall–Kier alpha value is 0.0900. The Morgan fingerprint density at radius 1 is 1.24 bits per heavy atom. The lowest BCUT2D eigenvalue weighted by molar-refractivity contribution is -0.135. The summed E-state index contributed by atoms with van der Waals surface area (Å²) in [5.41, 5.74) is 0. The van der Waals surface area contributed by atoms with Crippen LogP contribution in [0.1, 0.15) is 25.7 Å². The third-order valence-electron chi connectivity index (χ3n) is 4.51. The third-order valence-corrected chi connectivity index (χ3v) is 6.79. The number of nitrogens with one attached hydrogen (secondary N) is 1. The van der Waals surface area contributed by atoms with E-state index in [2.05, 4.69) is 10.2 Å². The van der Waals surface area contributed by atoms with Crippen LogP contribution in [0.2, 0.25) is 0 Å². The van der Waals surface area contributed by atoms with Gasteiger partial charge in [-0.2, -0.15) is 23.5 Å². The smallest absolute Gasteiger partial charge is 0.224 e. The van der Waals surface area contributed by atoms with Crippen LogP contribution in [-0.2, 0) is 9.53 Å². The van der Waals surface area contributed by atoms with Gasteiger partial charge in [0.15, 0.2) is 0 Å². The second-order valence-corrected chi connectivity index (χ2v) is 8.43. The second kappa shape index (κ2) is 8.09. The fourth-order valence-electron chi connectivity index (χ4n) is 3.31. The van der Waals surface area contributed by atoms with Gasteiger partial charge in [-0.05, 0) is 25.0 Å². The van der Waals surface area contributed by atoms with Gasteiger partial charge >= 0.3 is 0 Å². The highest BCUT2D eigenvalue weighted by molar-refractivity contribution is 7.99. The first-order valence-electron chi connectivity index (χ1n) is 8.13. The Kier molecular flexibility index (Phi) is 6.15. The Morgan fingerprint density at radius 2 is 2.14 bits per heavy atom. The molecule has 21 heavy (non-hydrogen) atoms. The van der Waals surface area contributed by atoms with Gasteiger partial charge in [0.2, 0.25) is 5.91 Å². The van der Waals surface area contributed by atoms with Gasteiger partial charge in [0.25, 0.3) is 0 Å². The van der Waals surface area contributed by atoms with Crippen LogP contribution in [0.25, 0.3) is 0 Å². The van der Waals surface area contributed by atoms with E-state index in [0.29, 0.717) is 24.4 Å². The summed E-state index contributed by atoms with van der Waals surface area (Å²) in [6.45, 7) is 2.71. The molecule has 3 fully saturated rings. The molecule has 3 heterocycles. The molecular formula is C15H26N2O2S2. The van der Waals surface area contributed by atoms with E-state index >= 15 is 0 Å². The minimum atomic E-state index is 0.272. The highest BCUT2D eigenvalue weighted by Crippen LogP contribution is 2.25. The van der Waals surface area contributed by atoms with Gasteiger partial charge in [0.1, 0.15) is 0 Å². The highest BCUT2D eigenvalue weighted by atomic mass is 32.2. The predicted molar refractivity (Wildman–Crippen MR) is 90.1 cm³/mol. The van der Waals surface area contributed by atoms with Crippen molar-refractivity contribution < 1.29 is 9.53 Å². The summed E-state index contributed by atoms with van der Waals surface area (Å²) < 4.78 is 5.76. The average molecular weight is 331 g/mol. The second-order valence-electron chi connectivity index (χ2n) is 6.13. The molecule has 3 rings (SSSR count). The number of rotatable bonds is 5. The van der Waals surface area contributed by atoms with Crippen LogP contribution in [-0.4, -0.2) is 71.7 Å². The van der Waals surface area contributed by atoms with Gasteiger partial charge < -0.3 is 15.0 Å². The van der Waals surface area contributed by atoms with Crippen molar-refractivity contribution in [3.8, 4) is 0 Å². The van der Waals surface area contributed by atoms with E-state index in [1.165, 1.54) is 11.5 Å². The molecular weight excluding hydrogens is 304 g/mol. The minimum absolute atomic E-state index is 0.272. The number of hydrogen-bond donors (Lipinski definition) is 1. The molecule has 4 nitrogen and oxygen atoms in total. The van der Waals surface area contributed by atoms with E-state index < -0.39 is 0 Å². The summed E-state index contributed by atoms with van der Waals surface area (Å²) in [5.74, 6) is 4.86. The molecule has 3 saturated heterocycles. The Bertz CT molecular complexity index is 339. The molecule has 1 amide bonds. The maximum Gasteiger partial charge on any atom is 0.224 e. The van der Waals surface area contributed by atoms with E-state index in [-0.39, 0.29) is 6.10 Å². The maximum absolute atomic E-state index is 12.8. The quantitative estimate of drug-likeness (QED) is 0.829. The molecule has 0 aromatic heterocycles. The number of carbonyl (C=O) groups is 1. The SMILES string of the molecule is O=C(CC1CSCCN1)N(CC1CCCO1)C1CCSC1. The molecule has 0 bridgehead atoms. The summed E-state index contributed by atoms with van der Waals surface area (Å²) >= 11 is 3.94. The molecule has 3 atom stereocenters. The summed E-state index contributed by atoms with van der Waals surface area (Å²) in [6.07, 6.45) is 4.33. The topological polar surface area (TPSA) is 41.6 Å². The van der Waals surface area contributed by atoms with E-state index in [9.17, 15) is 4.79 Å². The normalized spacial score (nSPS) is 33.2. The maximum atomic E-state index is 12.8. The van der Waals surface area contributed by atoms with E-state index in [4.69, 9.17) is 4.74 Å². The molecule has 3 unspecified atom stereocenters. The molecule has 0 aromatic rings. The van der Waals surface area contributed by atoms with Gasteiger partial charge in [-0.1, -0.05) is 0 Å². The lowest BCUT2D eigenvalue weighted by atomic mass is 10.1. The molecule has 0 aliphatic carbocycles. The summed E-state index contributed by atoms with van der Waals surface area (Å²) in [4.78, 5) is 14.9. The first-order valence-corrected chi connectivity index (χ1v) is 10.4. The van der Waals surface area contributed by atoms with E-state index in [1.54, 1.807) is 0 Å². The van der Waals surface area contributed by atoms with Crippen LogP contribution < -0.4 is 5.32 Å². The van der Waals surface area contributed by atoms with Crippen LogP contribution >= 0.6 is 23.5 Å². The van der Waals surface area contributed by atoms with Crippen molar-refractivity contribution in [2.75, 3.05) is 42.7 Å². The monoisotopic (exact) mass is 330 g/mol. The molecule has 120 valence electrons. The first-order chi connectivity index (χ1) is 10.3. The molecule has 0 spiro atoms. The lowest BCUT2D eigenvalue weighted by Crippen LogP contribution is -2.48. The van der Waals surface area contributed by atoms with Crippen molar-refractivity contribution in [1.29, 1.82) is 0 Å². The standard InChI is InChI=1S/C15H26N2O2S2/c18-15(8-12-10-21-7-4-16-12)17(13-3-6-20-11-13)9-14-2-1-5-19-14/h12-14,16H,1-11H2. The van der Waals surface area contributed by atoms with Crippen LogP contribution in [0.5, 0.6) is 0 Å². The van der Waals surface area contributed by atoms with Gasteiger partial charge in [-0.15, -0.1) is 0 Å². The molecule has 0 aromatic carbocycles. The average Bonchev–Trinajstić information content (AvgIpc) is 3.19. The zero-order valence-electron chi connectivity index (χ0n) is 12.6. The molecule has 1 N–H and O–H groups in total. The summed E-state index contributed by atoms with van der Waals surface area (Å²) in [7, 11) is 0. The molecule has 3 aliphatic rings. The van der Waals surface area contributed by atoms with Crippen LogP contribution in [0, 0.1) is 0 Å². The molecule has 3 aliphatic heterocycles. The van der Waals surface area contributed by atoms with Gasteiger partial charge in [0, 0.05) is 55.5 Å². The zero-order chi connectivity index (χ0) is 14.5. The molecule has 6 heteroatoms. The van der Waals surface area contributed by atoms with Gasteiger partial charge in [0.05, 0.1) is 6.10 Å². The Morgan fingerprint density at radius 3 is 2.81 bits per heavy atom. The zero-order valence-corrected chi connectivity index (χ0v) is 14.2. The number of amides is 1. The lowest BCUT2D eigenvalue weighted by Gasteiger charge is -2.33. The van der Waals surface area contributed by atoms with Crippen molar-refractivity contribution in [2.45, 2.75) is 43.9 Å². The fraction of sp³-hybridized carbons (Fsp3) is 0.933. The Balaban J connectivity index is 1.57. The van der Waals surface area contributed by atoms with Crippen molar-refractivity contribution in [2.24, 2.45) is 0 Å². The summed E-state index contributed by atoms with van der Waals surface area (Å²) in [5, 5.41) is 3.48. The van der Waals surface area contributed by atoms with Crippen molar-refractivity contribution >= 4 is 29.4 Å². The number of hydrogen-bond acceptors (Lipinski definition) is 5. The molecule has 0 saturated carbocycles. The number of ether oxygens (including phenoxy) is 1. The van der Waals surface area contributed by atoms with E-state index in [0.717, 1.165) is 50.5 Å². The van der Waals surface area contributed by atoms with Crippen molar-refractivity contribution in [1.82, 2.24) is 10.2 Å². The molecule has 0 radical (unpaired) electrons. The first kappa shape index (κ1) is 16.0. The van der Waals surface area contributed by atoms with Crippen LogP contribution in [0.3, 0.4) is 0 Å². The predicted octanol–water partition coefficient (Wildman–Crippen LogP) is 1.59. The summed E-state index contributed by atoms with van der Waals surface area (Å²) in [6, 6.07) is 0.792. The highest BCUT2D eigenvalue weighted by Gasteiger charge is 2.31. The van der Waals surface area contributed by atoms with Crippen molar-refractivity contribution in [3.05, 3.63) is 0 Å². The van der Waals surface area contributed by atoms with Gasteiger partial charge in [-0.25, -0.2) is 0 Å². The minimum Gasteiger partial charge on any atom is -0.376 e. The number of nitrogens with zero attached hydrogens (tertiary/aromatic N) is 1.